The first-order valence-corrected chi connectivity index (χ1v) is 6.79. The molecule has 2 rings (SSSR count). The highest BCUT2D eigenvalue weighted by molar-refractivity contribution is 6.29. The molecule has 1 saturated carbocycles. The summed E-state index contributed by atoms with van der Waals surface area (Å²) < 4.78 is 0. The van der Waals surface area contributed by atoms with Crippen LogP contribution >= 0.6 is 11.6 Å². The van der Waals surface area contributed by atoms with Gasteiger partial charge in [-0.1, -0.05) is 17.7 Å². The number of carbonyl (C=O) groups is 1. The van der Waals surface area contributed by atoms with Gasteiger partial charge in [-0.2, -0.15) is 0 Å². The Kier molecular flexibility index (Phi) is 4.93. The summed E-state index contributed by atoms with van der Waals surface area (Å²) in [7, 11) is 0. The molecular weight excluding hydrogens is 264 g/mol. The van der Waals surface area contributed by atoms with Gasteiger partial charge < -0.3 is 10.4 Å². The van der Waals surface area contributed by atoms with Gasteiger partial charge in [0.15, 0.2) is 0 Å². The molecule has 5 heteroatoms. The summed E-state index contributed by atoms with van der Waals surface area (Å²) >= 11 is 5.68. The van der Waals surface area contributed by atoms with Crippen LogP contribution in [0.3, 0.4) is 0 Å². The van der Waals surface area contributed by atoms with E-state index in [-0.39, 0.29) is 18.1 Å². The second kappa shape index (κ2) is 6.68. The molecule has 1 fully saturated rings. The quantitative estimate of drug-likeness (QED) is 0.659. The Morgan fingerprint density at radius 1 is 1.37 bits per heavy atom. The molecular formula is C14H17ClN2O2. The van der Waals surface area contributed by atoms with Crippen molar-refractivity contribution in [2.75, 3.05) is 0 Å². The first-order chi connectivity index (χ1) is 9.13. The molecule has 0 saturated heterocycles. The Bertz CT molecular complexity index is 451. The molecule has 1 aliphatic rings. The van der Waals surface area contributed by atoms with Gasteiger partial charge >= 0.3 is 0 Å². The number of aliphatic hydroxyl groups excluding tert-OH is 1. The predicted octanol–water partition coefficient (Wildman–Crippen LogP) is 2.17. The van der Waals surface area contributed by atoms with Gasteiger partial charge in [0.25, 0.3) is 0 Å². The monoisotopic (exact) mass is 280 g/mol. The average Bonchev–Trinajstić information content (AvgIpc) is 2.41. The minimum atomic E-state index is -0.205. The molecule has 2 N–H and O–H groups in total. The molecule has 1 amide bonds. The van der Waals surface area contributed by atoms with E-state index in [1.54, 1.807) is 24.4 Å². The minimum absolute atomic E-state index is 0.115. The maximum Gasteiger partial charge on any atom is 0.244 e. The number of nitrogens with one attached hydrogen (secondary N) is 1. The molecule has 1 aromatic heterocycles. The second-order valence-electron chi connectivity index (χ2n) is 4.76. The summed E-state index contributed by atoms with van der Waals surface area (Å²) in [6.45, 7) is 0. The number of nitrogens with zero attached hydrogens (tertiary/aromatic N) is 1. The summed E-state index contributed by atoms with van der Waals surface area (Å²) in [5.74, 6) is -0.115. The third kappa shape index (κ3) is 4.65. The molecule has 0 spiro atoms. The number of halogens is 1. The van der Waals surface area contributed by atoms with Crippen molar-refractivity contribution >= 4 is 23.6 Å². The highest BCUT2D eigenvalue weighted by atomic mass is 35.5. The number of rotatable bonds is 3. The van der Waals surface area contributed by atoms with Crippen LogP contribution in [0.5, 0.6) is 0 Å². The highest BCUT2D eigenvalue weighted by Crippen LogP contribution is 2.18. The van der Waals surface area contributed by atoms with Crippen molar-refractivity contribution < 1.29 is 9.90 Å². The second-order valence-corrected chi connectivity index (χ2v) is 5.15. The number of pyridine rings is 1. The van der Waals surface area contributed by atoms with Crippen molar-refractivity contribution in [2.24, 2.45) is 0 Å². The van der Waals surface area contributed by atoms with Crippen LogP contribution in [0.25, 0.3) is 6.08 Å². The SMILES string of the molecule is O=C(/C=C/c1ccc(Cl)nc1)NC1CCC(O)CC1. The van der Waals surface area contributed by atoms with Crippen LogP contribution in [-0.4, -0.2) is 28.1 Å². The third-order valence-corrected chi connectivity index (χ3v) is 3.44. The van der Waals surface area contributed by atoms with Crippen molar-refractivity contribution in [3.63, 3.8) is 0 Å². The van der Waals surface area contributed by atoms with E-state index in [0.29, 0.717) is 5.15 Å². The summed E-state index contributed by atoms with van der Waals surface area (Å²) in [6.07, 6.45) is 7.80. The number of carbonyl (C=O) groups excluding carboxylic acids is 1. The zero-order valence-corrected chi connectivity index (χ0v) is 11.3. The summed E-state index contributed by atoms with van der Waals surface area (Å²) in [6, 6.07) is 3.65. The lowest BCUT2D eigenvalue weighted by Crippen LogP contribution is -2.37. The average molecular weight is 281 g/mol. The molecule has 0 aromatic carbocycles. The number of hydrogen-bond donors (Lipinski definition) is 2. The van der Waals surface area contributed by atoms with Crippen molar-refractivity contribution in [1.82, 2.24) is 10.3 Å². The fraction of sp³-hybridized carbons (Fsp3) is 0.429. The summed E-state index contributed by atoms with van der Waals surface area (Å²) in [4.78, 5) is 15.7. The minimum Gasteiger partial charge on any atom is -0.393 e. The van der Waals surface area contributed by atoms with Crippen molar-refractivity contribution in [1.29, 1.82) is 0 Å². The molecule has 19 heavy (non-hydrogen) atoms. The molecule has 0 aliphatic heterocycles. The van der Waals surface area contributed by atoms with Crippen LogP contribution in [-0.2, 0) is 4.79 Å². The normalized spacial score (nSPS) is 23.5. The first kappa shape index (κ1) is 14.0. The van der Waals surface area contributed by atoms with Crippen molar-refractivity contribution in [3.05, 3.63) is 35.1 Å². The van der Waals surface area contributed by atoms with E-state index in [9.17, 15) is 9.90 Å². The fourth-order valence-corrected chi connectivity index (χ4v) is 2.24. The molecule has 1 aliphatic carbocycles. The van der Waals surface area contributed by atoms with Gasteiger partial charge in [-0.05, 0) is 43.4 Å². The molecule has 102 valence electrons. The molecule has 0 radical (unpaired) electrons. The predicted molar refractivity (Wildman–Crippen MR) is 74.7 cm³/mol. The highest BCUT2D eigenvalue weighted by Gasteiger charge is 2.19. The van der Waals surface area contributed by atoms with Crippen LogP contribution in [0.1, 0.15) is 31.2 Å². The van der Waals surface area contributed by atoms with Crippen LogP contribution in [0.2, 0.25) is 5.15 Å². The molecule has 0 atom stereocenters. The van der Waals surface area contributed by atoms with E-state index in [1.165, 1.54) is 6.08 Å². The fourth-order valence-electron chi connectivity index (χ4n) is 2.13. The van der Waals surface area contributed by atoms with E-state index < -0.39 is 0 Å². The number of amides is 1. The Labute approximate surface area is 117 Å². The number of aliphatic hydroxyl groups is 1. The van der Waals surface area contributed by atoms with E-state index in [0.717, 1.165) is 31.2 Å². The third-order valence-electron chi connectivity index (χ3n) is 3.22. The standard InChI is InChI=1S/C14H17ClN2O2/c15-13-7-1-10(9-16-13)2-8-14(19)17-11-3-5-12(18)6-4-11/h1-2,7-9,11-12,18H,3-6H2,(H,17,19)/b8-2+. The Morgan fingerprint density at radius 3 is 2.74 bits per heavy atom. The van der Waals surface area contributed by atoms with Gasteiger partial charge in [-0.3, -0.25) is 4.79 Å². The van der Waals surface area contributed by atoms with Gasteiger partial charge in [0.05, 0.1) is 6.10 Å². The van der Waals surface area contributed by atoms with Gasteiger partial charge in [-0.15, -0.1) is 0 Å². The van der Waals surface area contributed by atoms with Gasteiger partial charge in [0, 0.05) is 18.3 Å². The Hall–Kier alpha value is -1.39. The first-order valence-electron chi connectivity index (χ1n) is 6.41. The largest absolute Gasteiger partial charge is 0.393 e. The maximum absolute atomic E-state index is 11.7. The zero-order valence-electron chi connectivity index (χ0n) is 10.6. The summed E-state index contributed by atoms with van der Waals surface area (Å²) in [5.41, 5.74) is 0.832. The topological polar surface area (TPSA) is 62.2 Å². The number of hydrogen-bond acceptors (Lipinski definition) is 3. The van der Waals surface area contributed by atoms with Crippen molar-refractivity contribution in [2.45, 2.75) is 37.8 Å². The zero-order chi connectivity index (χ0) is 13.7. The van der Waals surface area contributed by atoms with E-state index in [4.69, 9.17) is 11.6 Å². The van der Waals surface area contributed by atoms with E-state index in [2.05, 4.69) is 10.3 Å². The molecule has 1 heterocycles. The van der Waals surface area contributed by atoms with Crippen LogP contribution < -0.4 is 5.32 Å². The van der Waals surface area contributed by atoms with Gasteiger partial charge in [0.1, 0.15) is 5.15 Å². The van der Waals surface area contributed by atoms with Crippen molar-refractivity contribution in [3.8, 4) is 0 Å². The smallest absolute Gasteiger partial charge is 0.244 e. The lowest BCUT2D eigenvalue weighted by Gasteiger charge is -2.25. The lowest BCUT2D eigenvalue weighted by atomic mass is 9.93. The molecule has 4 nitrogen and oxygen atoms in total. The molecule has 0 bridgehead atoms. The van der Waals surface area contributed by atoms with Crippen LogP contribution in [0, 0.1) is 0 Å². The lowest BCUT2D eigenvalue weighted by molar-refractivity contribution is -0.117. The van der Waals surface area contributed by atoms with Gasteiger partial charge in [-0.25, -0.2) is 4.98 Å². The molecule has 1 aromatic rings. The molecule has 0 unspecified atom stereocenters. The van der Waals surface area contributed by atoms with Crippen LogP contribution in [0.15, 0.2) is 24.4 Å². The number of aromatic nitrogens is 1. The maximum atomic E-state index is 11.7. The Balaban J connectivity index is 1.82. The van der Waals surface area contributed by atoms with E-state index in [1.807, 2.05) is 0 Å². The Morgan fingerprint density at radius 2 is 2.11 bits per heavy atom. The van der Waals surface area contributed by atoms with E-state index >= 15 is 0 Å². The summed E-state index contributed by atoms with van der Waals surface area (Å²) in [5, 5.41) is 12.8. The van der Waals surface area contributed by atoms with Crippen LogP contribution in [0.4, 0.5) is 0 Å². The van der Waals surface area contributed by atoms with Gasteiger partial charge in [0.2, 0.25) is 5.91 Å².